The van der Waals surface area contributed by atoms with E-state index in [4.69, 9.17) is 5.73 Å². The van der Waals surface area contributed by atoms with Crippen molar-refractivity contribution < 1.29 is 0 Å². The number of thioether (sulfide) groups is 1. The van der Waals surface area contributed by atoms with Gasteiger partial charge >= 0.3 is 0 Å². The Balaban J connectivity index is 2.38. The molecule has 0 bridgehead atoms. The first kappa shape index (κ1) is 12.8. The molecule has 0 saturated heterocycles. The van der Waals surface area contributed by atoms with E-state index in [-0.39, 0.29) is 0 Å². The summed E-state index contributed by atoms with van der Waals surface area (Å²) in [5.74, 6) is 1.73. The fourth-order valence-electron chi connectivity index (χ4n) is 2.45. The van der Waals surface area contributed by atoms with Gasteiger partial charge in [0.15, 0.2) is 0 Å². The van der Waals surface area contributed by atoms with Crippen LogP contribution in [-0.2, 0) is 0 Å². The summed E-state index contributed by atoms with van der Waals surface area (Å²) < 4.78 is 0. The van der Waals surface area contributed by atoms with E-state index in [1.165, 1.54) is 16.1 Å². The number of hydrogen-bond donors (Lipinski definition) is 1. The second-order valence-corrected chi connectivity index (χ2v) is 6.06. The third-order valence-electron chi connectivity index (χ3n) is 3.48. The number of fused-ring (bicyclic) bond motifs is 1. The molecule has 2 N–H and O–H groups in total. The summed E-state index contributed by atoms with van der Waals surface area (Å²) in [5, 5.41) is 0. The Kier molecular flexibility index (Phi) is 4.00. The number of nitrogens with two attached hydrogens (primary N) is 1. The van der Waals surface area contributed by atoms with Crippen LogP contribution in [0.4, 0.5) is 5.69 Å². The summed E-state index contributed by atoms with van der Waals surface area (Å²) in [4.78, 5) is 3.86. The lowest BCUT2D eigenvalue weighted by Crippen LogP contribution is -2.38. The monoisotopic (exact) mass is 250 g/mol. The Bertz CT molecular complexity index is 390. The molecule has 2 rings (SSSR count). The lowest BCUT2D eigenvalue weighted by atomic mass is 9.99. The van der Waals surface area contributed by atoms with Gasteiger partial charge in [-0.05, 0) is 30.5 Å². The van der Waals surface area contributed by atoms with Gasteiger partial charge in [-0.15, -0.1) is 11.8 Å². The van der Waals surface area contributed by atoms with Crippen LogP contribution in [0.1, 0.15) is 31.7 Å². The maximum Gasteiger partial charge on any atom is 0.0539 e. The van der Waals surface area contributed by atoms with Gasteiger partial charge in [-0.25, -0.2) is 0 Å². The minimum Gasteiger partial charge on any atom is -0.370 e. The number of para-hydroxylation sites is 1. The molecule has 0 amide bonds. The van der Waals surface area contributed by atoms with E-state index >= 15 is 0 Å². The van der Waals surface area contributed by atoms with Gasteiger partial charge in [0.2, 0.25) is 0 Å². The van der Waals surface area contributed by atoms with Gasteiger partial charge in [0.1, 0.15) is 0 Å². The number of hydrogen-bond acceptors (Lipinski definition) is 3. The Morgan fingerprint density at radius 3 is 2.88 bits per heavy atom. The van der Waals surface area contributed by atoms with Crippen LogP contribution < -0.4 is 10.6 Å². The predicted octanol–water partition coefficient (Wildman–Crippen LogP) is 3.07. The minimum atomic E-state index is 0.574. The summed E-state index contributed by atoms with van der Waals surface area (Å²) >= 11 is 1.97. The molecule has 0 aromatic heterocycles. The second kappa shape index (κ2) is 5.32. The first-order chi connectivity index (χ1) is 8.15. The normalized spacial score (nSPS) is 19.6. The van der Waals surface area contributed by atoms with Crippen LogP contribution in [0.2, 0.25) is 0 Å². The van der Waals surface area contributed by atoms with Crippen LogP contribution in [-0.4, -0.2) is 25.4 Å². The van der Waals surface area contributed by atoms with E-state index < -0.39 is 0 Å². The van der Waals surface area contributed by atoms with Crippen LogP contribution in [0.15, 0.2) is 23.1 Å². The maximum absolute atomic E-state index is 5.70. The fourth-order valence-corrected chi connectivity index (χ4v) is 3.78. The molecule has 17 heavy (non-hydrogen) atoms. The Morgan fingerprint density at radius 2 is 2.24 bits per heavy atom. The molecule has 2 nitrogen and oxygen atoms in total. The molecule has 0 radical (unpaired) electrons. The highest BCUT2D eigenvalue weighted by Gasteiger charge is 2.26. The largest absolute Gasteiger partial charge is 0.370 e. The average Bonchev–Trinajstić information content (AvgIpc) is 2.32. The predicted molar refractivity (Wildman–Crippen MR) is 77.1 cm³/mol. The highest BCUT2D eigenvalue weighted by Crippen LogP contribution is 2.41. The van der Waals surface area contributed by atoms with E-state index in [2.05, 4.69) is 44.0 Å². The molecule has 1 aromatic rings. The lowest BCUT2D eigenvalue weighted by Gasteiger charge is -2.37. The minimum absolute atomic E-state index is 0.574. The fraction of sp³-hybridized carbons (Fsp3) is 0.571. The second-order valence-electron chi connectivity index (χ2n) is 5.00. The van der Waals surface area contributed by atoms with Crippen LogP contribution >= 0.6 is 11.8 Å². The number of nitrogens with zero attached hydrogens (tertiary/aromatic N) is 1. The van der Waals surface area contributed by atoms with E-state index in [9.17, 15) is 0 Å². The molecule has 1 aromatic carbocycles. The topological polar surface area (TPSA) is 29.3 Å². The van der Waals surface area contributed by atoms with Crippen LogP contribution in [0.25, 0.3) is 0 Å². The molecule has 94 valence electrons. The standard InChI is InChI=1S/C14H22N2S/c1-10(2)12-5-4-6-13-14(12)16(3)11(7-8-15)9-17-13/h4-6,10-11H,7-9,15H2,1-3H3. The zero-order valence-electron chi connectivity index (χ0n) is 10.9. The van der Waals surface area contributed by atoms with Crippen LogP contribution in [0.5, 0.6) is 0 Å². The quantitative estimate of drug-likeness (QED) is 0.894. The van der Waals surface area contributed by atoms with Gasteiger partial charge in [0.25, 0.3) is 0 Å². The van der Waals surface area contributed by atoms with Gasteiger partial charge in [0.05, 0.1) is 5.69 Å². The molecule has 0 spiro atoms. The molecule has 0 saturated carbocycles. The number of benzene rings is 1. The van der Waals surface area contributed by atoms with Crippen molar-refractivity contribution in [2.75, 3.05) is 24.2 Å². The lowest BCUT2D eigenvalue weighted by molar-refractivity contribution is 0.628. The first-order valence-electron chi connectivity index (χ1n) is 6.33. The van der Waals surface area contributed by atoms with E-state index in [1.807, 2.05) is 11.8 Å². The van der Waals surface area contributed by atoms with Gasteiger partial charge in [0, 0.05) is 23.7 Å². The Hall–Kier alpha value is -0.670. The first-order valence-corrected chi connectivity index (χ1v) is 7.32. The molecular formula is C14H22N2S. The van der Waals surface area contributed by atoms with Crippen LogP contribution in [0.3, 0.4) is 0 Å². The SMILES string of the molecule is CC(C)c1cccc2c1N(C)C(CCN)CS2. The molecular weight excluding hydrogens is 228 g/mol. The van der Waals surface area contributed by atoms with Crippen molar-refractivity contribution in [1.29, 1.82) is 0 Å². The zero-order chi connectivity index (χ0) is 12.4. The third kappa shape index (κ3) is 2.45. The summed E-state index contributed by atoms with van der Waals surface area (Å²) in [6.07, 6.45) is 1.08. The molecule has 0 fully saturated rings. The number of rotatable bonds is 3. The van der Waals surface area contributed by atoms with Crippen molar-refractivity contribution in [2.45, 2.75) is 37.1 Å². The molecule has 1 unspecified atom stereocenters. The molecule has 1 aliphatic rings. The van der Waals surface area contributed by atoms with Crippen molar-refractivity contribution in [3.05, 3.63) is 23.8 Å². The summed E-state index contributed by atoms with van der Waals surface area (Å²) in [7, 11) is 2.21. The number of anilines is 1. The van der Waals surface area contributed by atoms with Gasteiger partial charge in [-0.2, -0.15) is 0 Å². The van der Waals surface area contributed by atoms with Gasteiger partial charge in [-0.3, -0.25) is 0 Å². The van der Waals surface area contributed by atoms with Crippen molar-refractivity contribution >= 4 is 17.4 Å². The van der Waals surface area contributed by atoms with Crippen molar-refractivity contribution in [1.82, 2.24) is 0 Å². The van der Waals surface area contributed by atoms with E-state index in [1.54, 1.807) is 0 Å². The highest BCUT2D eigenvalue weighted by atomic mass is 32.2. The Morgan fingerprint density at radius 1 is 1.47 bits per heavy atom. The molecule has 3 heteroatoms. The maximum atomic E-state index is 5.70. The van der Waals surface area contributed by atoms with E-state index in [0.29, 0.717) is 12.0 Å². The summed E-state index contributed by atoms with van der Waals surface area (Å²) in [6.45, 7) is 5.30. The zero-order valence-corrected chi connectivity index (χ0v) is 11.8. The average molecular weight is 250 g/mol. The molecule has 1 heterocycles. The van der Waals surface area contributed by atoms with Gasteiger partial charge < -0.3 is 10.6 Å². The molecule has 0 aliphatic carbocycles. The summed E-state index contributed by atoms with van der Waals surface area (Å²) in [6, 6.07) is 7.25. The van der Waals surface area contributed by atoms with Gasteiger partial charge in [-0.1, -0.05) is 26.0 Å². The molecule has 1 atom stereocenters. The van der Waals surface area contributed by atoms with Crippen molar-refractivity contribution in [3.8, 4) is 0 Å². The van der Waals surface area contributed by atoms with Crippen LogP contribution in [0, 0.1) is 0 Å². The Labute approximate surface area is 109 Å². The smallest absolute Gasteiger partial charge is 0.0539 e. The third-order valence-corrected chi connectivity index (χ3v) is 4.68. The van der Waals surface area contributed by atoms with Crippen molar-refractivity contribution in [2.24, 2.45) is 5.73 Å². The highest BCUT2D eigenvalue weighted by molar-refractivity contribution is 7.99. The van der Waals surface area contributed by atoms with Crippen molar-refractivity contribution in [3.63, 3.8) is 0 Å². The molecule has 1 aliphatic heterocycles. The van der Waals surface area contributed by atoms with E-state index in [0.717, 1.165) is 18.7 Å². The summed E-state index contributed by atoms with van der Waals surface area (Å²) in [5.41, 5.74) is 8.59.